The highest BCUT2D eigenvalue weighted by atomic mass is 19.1. The molecule has 0 unspecified atom stereocenters. The first-order valence-electron chi connectivity index (χ1n) is 8.08. The number of amides is 1. The number of fused-ring (bicyclic) bond motifs is 1. The van der Waals surface area contributed by atoms with Crippen molar-refractivity contribution >= 4 is 11.8 Å². The lowest BCUT2D eigenvalue weighted by Crippen LogP contribution is -2.42. The van der Waals surface area contributed by atoms with Crippen LogP contribution in [-0.2, 0) is 11.3 Å². The van der Waals surface area contributed by atoms with Crippen molar-refractivity contribution in [3.05, 3.63) is 65.5 Å². The van der Waals surface area contributed by atoms with E-state index in [0.717, 1.165) is 16.8 Å². The number of rotatable bonds is 3. The Kier molecular flexibility index (Phi) is 4.69. The van der Waals surface area contributed by atoms with Crippen molar-refractivity contribution in [2.24, 2.45) is 5.92 Å². The van der Waals surface area contributed by atoms with Gasteiger partial charge in [0.15, 0.2) is 0 Å². The molecule has 0 spiro atoms. The van der Waals surface area contributed by atoms with E-state index >= 15 is 0 Å². The first-order chi connectivity index (χ1) is 11.5. The third kappa shape index (κ3) is 3.50. The number of alkyl carbamates (subject to hydrolysis) is 1. The fraction of sp³-hybridized carbons (Fsp3) is 0.316. The van der Waals surface area contributed by atoms with Crippen LogP contribution in [0.25, 0.3) is 0 Å². The predicted octanol–water partition coefficient (Wildman–Crippen LogP) is 4.24. The molecule has 0 bridgehead atoms. The Bertz CT molecular complexity index is 721. The lowest BCUT2D eigenvalue weighted by Gasteiger charge is -2.37. The van der Waals surface area contributed by atoms with Crippen LogP contribution in [0.2, 0.25) is 0 Å². The second-order valence-electron chi connectivity index (χ2n) is 6.21. The topological polar surface area (TPSA) is 50.4 Å². The average molecular weight is 328 g/mol. The van der Waals surface area contributed by atoms with Gasteiger partial charge in [-0.05, 0) is 30.7 Å². The number of halogens is 1. The fourth-order valence-electron chi connectivity index (χ4n) is 2.97. The molecule has 2 N–H and O–H groups in total. The van der Waals surface area contributed by atoms with Gasteiger partial charge in [0.25, 0.3) is 0 Å². The third-order valence-corrected chi connectivity index (χ3v) is 4.53. The molecule has 126 valence electrons. The minimum absolute atomic E-state index is 0.101. The van der Waals surface area contributed by atoms with Gasteiger partial charge < -0.3 is 15.4 Å². The highest BCUT2D eigenvalue weighted by molar-refractivity contribution is 5.69. The number of carbonyl (C=O) groups is 1. The van der Waals surface area contributed by atoms with Crippen LogP contribution >= 0.6 is 0 Å². The second kappa shape index (κ2) is 6.91. The molecule has 0 radical (unpaired) electrons. The molecule has 4 nitrogen and oxygen atoms in total. The normalized spacial score (nSPS) is 22.2. The molecule has 2 aromatic carbocycles. The third-order valence-electron chi connectivity index (χ3n) is 4.53. The van der Waals surface area contributed by atoms with E-state index in [-0.39, 0.29) is 30.4 Å². The summed E-state index contributed by atoms with van der Waals surface area (Å²) >= 11 is 0. The van der Waals surface area contributed by atoms with Gasteiger partial charge >= 0.3 is 6.09 Å². The van der Waals surface area contributed by atoms with Crippen LogP contribution in [0.1, 0.15) is 31.0 Å². The van der Waals surface area contributed by atoms with Crippen LogP contribution in [0.4, 0.5) is 14.9 Å². The van der Waals surface area contributed by atoms with E-state index in [0.29, 0.717) is 0 Å². The zero-order valence-electron chi connectivity index (χ0n) is 13.8. The van der Waals surface area contributed by atoms with Crippen molar-refractivity contribution in [3.63, 3.8) is 0 Å². The minimum atomic E-state index is -0.500. The van der Waals surface area contributed by atoms with Gasteiger partial charge in [-0.25, -0.2) is 9.18 Å². The highest BCUT2D eigenvalue weighted by Crippen LogP contribution is 2.36. The number of hydrogen-bond acceptors (Lipinski definition) is 3. The predicted molar refractivity (Wildman–Crippen MR) is 91.2 cm³/mol. The Morgan fingerprint density at radius 1 is 1.21 bits per heavy atom. The molecule has 1 amide bonds. The van der Waals surface area contributed by atoms with E-state index in [1.54, 1.807) is 6.07 Å². The molecule has 2 aromatic rings. The Labute approximate surface area is 141 Å². The van der Waals surface area contributed by atoms with Crippen LogP contribution in [-0.4, -0.2) is 12.1 Å². The standard InChI is InChI=1S/C19H21FN2O2/c1-12-13(2)21-17-9-8-15(20)10-16(17)18(12)22-19(23)24-11-14-6-4-3-5-7-14/h3-10,12-13,18,21H,11H2,1-2H3,(H,22,23)/t12-,13+,18-/m1/s1. The van der Waals surface area contributed by atoms with Gasteiger partial charge in [-0.3, -0.25) is 0 Å². The average Bonchev–Trinajstić information content (AvgIpc) is 2.59. The second-order valence-corrected chi connectivity index (χ2v) is 6.21. The van der Waals surface area contributed by atoms with Gasteiger partial charge in [-0.1, -0.05) is 37.3 Å². The number of ether oxygens (including phenoxy) is 1. The maximum absolute atomic E-state index is 13.6. The summed E-state index contributed by atoms with van der Waals surface area (Å²) in [5, 5.41) is 6.22. The van der Waals surface area contributed by atoms with Crippen molar-refractivity contribution < 1.29 is 13.9 Å². The zero-order chi connectivity index (χ0) is 17.1. The number of anilines is 1. The van der Waals surface area contributed by atoms with Crippen LogP contribution in [0.3, 0.4) is 0 Å². The van der Waals surface area contributed by atoms with Gasteiger partial charge in [-0.2, -0.15) is 0 Å². The summed E-state index contributed by atoms with van der Waals surface area (Å²) in [6.45, 7) is 4.27. The van der Waals surface area contributed by atoms with Gasteiger partial charge in [0.1, 0.15) is 12.4 Å². The zero-order valence-corrected chi connectivity index (χ0v) is 13.8. The van der Waals surface area contributed by atoms with Crippen molar-refractivity contribution in [1.29, 1.82) is 0 Å². The smallest absolute Gasteiger partial charge is 0.407 e. The molecule has 0 aliphatic carbocycles. The Morgan fingerprint density at radius 2 is 1.96 bits per heavy atom. The van der Waals surface area contributed by atoms with Crippen LogP contribution in [0.15, 0.2) is 48.5 Å². The molecule has 3 atom stereocenters. The summed E-state index contributed by atoms with van der Waals surface area (Å²) < 4.78 is 18.9. The highest BCUT2D eigenvalue weighted by Gasteiger charge is 2.33. The minimum Gasteiger partial charge on any atom is -0.445 e. The van der Waals surface area contributed by atoms with Gasteiger partial charge in [0.2, 0.25) is 0 Å². The SMILES string of the molecule is C[C@@H]1[C@H](C)Nc2ccc(F)cc2[C@@H]1NC(=O)OCc1ccccc1. The van der Waals surface area contributed by atoms with E-state index in [1.165, 1.54) is 12.1 Å². The number of hydrogen-bond donors (Lipinski definition) is 2. The first kappa shape index (κ1) is 16.3. The number of benzene rings is 2. The maximum atomic E-state index is 13.6. The summed E-state index contributed by atoms with van der Waals surface area (Å²) in [6, 6.07) is 13.9. The van der Waals surface area contributed by atoms with E-state index < -0.39 is 6.09 Å². The lowest BCUT2D eigenvalue weighted by molar-refractivity contribution is 0.131. The molecule has 5 heteroatoms. The van der Waals surface area contributed by atoms with E-state index in [4.69, 9.17) is 4.74 Å². The molecule has 1 aliphatic rings. The Hall–Kier alpha value is -2.56. The molecule has 1 heterocycles. The van der Waals surface area contributed by atoms with Gasteiger partial charge in [-0.15, -0.1) is 0 Å². The summed E-state index contributed by atoms with van der Waals surface area (Å²) in [5.41, 5.74) is 2.51. The van der Waals surface area contributed by atoms with Crippen molar-refractivity contribution in [1.82, 2.24) is 5.32 Å². The summed E-state index contributed by atoms with van der Waals surface area (Å²) in [5.74, 6) is -0.217. The number of nitrogens with one attached hydrogen (secondary N) is 2. The molecule has 0 saturated carbocycles. The quantitative estimate of drug-likeness (QED) is 0.886. The maximum Gasteiger partial charge on any atom is 0.407 e. The fourth-order valence-corrected chi connectivity index (χ4v) is 2.97. The number of carbonyl (C=O) groups excluding carboxylic acids is 1. The van der Waals surface area contributed by atoms with Crippen LogP contribution in [0, 0.1) is 11.7 Å². The summed E-state index contributed by atoms with van der Waals surface area (Å²) in [4.78, 5) is 12.2. The summed E-state index contributed by atoms with van der Waals surface area (Å²) in [7, 11) is 0. The van der Waals surface area contributed by atoms with Crippen molar-refractivity contribution in [2.75, 3.05) is 5.32 Å². The largest absolute Gasteiger partial charge is 0.445 e. The molecule has 0 saturated heterocycles. The van der Waals surface area contributed by atoms with E-state index in [2.05, 4.69) is 10.6 Å². The van der Waals surface area contributed by atoms with Crippen molar-refractivity contribution in [3.8, 4) is 0 Å². The lowest BCUT2D eigenvalue weighted by atomic mass is 9.84. The van der Waals surface area contributed by atoms with Gasteiger partial charge in [0.05, 0.1) is 6.04 Å². The molecular weight excluding hydrogens is 307 g/mol. The first-order valence-corrected chi connectivity index (χ1v) is 8.08. The monoisotopic (exact) mass is 328 g/mol. The van der Waals surface area contributed by atoms with Crippen LogP contribution in [0.5, 0.6) is 0 Å². The van der Waals surface area contributed by atoms with E-state index in [1.807, 2.05) is 44.2 Å². The van der Waals surface area contributed by atoms with E-state index in [9.17, 15) is 9.18 Å². The molecule has 0 fully saturated rings. The Morgan fingerprint density at radius 3 is 2.71 bits per heavy atom. The summed E-state index contributed by atoms with van der Waals surface area (Å²) in [6.07, 6.45) is -0.500. The molecule has 3 rings (SSSR count). The molecule has 0 aromatic heterocycles. The Balaban J connectivity index is 1.71. The van der Waals surface area contributed by atoms with Crippen molar-refractivity contribution in [2.45, 2.75) is 32.5 Å². The van der Waals surface area contributed by atoms with Crippen LogP contribution < -0.4 is 10.6 Å². The molecule has 1 aliphatic heterocycles. The van der Waals surface area contributed by atoms with Gasteiger partial charge in [0, 0.05) is 23.2 Å². The molecular formula is C19H21FN2O2. The molecule has 24 heavy (non-hydrogen) atoms.